The Morgan fingerprint density at radius 3 is 2.00 bits per heavy atom. The molecule has 0 heterocycles. The molecule has 2 nitrogen and oxygen atoms in total. The van der Waals surface area contributed by atoms with Gasteiger partial charge in [0.1, 0.15) is 0 Å². The third kappa shape index (κ3) is 29.4. The fourth-order valence-corrected chi connectivity index (χ4v) is 0.249. The molecule has 0 aliphatic rings. The number of rotatable bonds is 2. The summed E-state index contributed by atoms with van der Waals surface area (Å²) in [6, 6.07) is 0. The summed E-state index contributed by atoms with van der Waals surface area (Å²) in [5, 5.41) is 8.02. The second-order valence-electron chi connectivity index (χ2n) is 1.22. The fraction of sp³-hybridized carbons (Fsp3) is 0.167. The minimum Gasteiger partial charge on any atom is -1.00 e. The maximum Gasteiger partial charge on any atom is 2.00 e. The van der Waals surface area contributed by atoms with Crippen LogP contribution in [0.2, 0.25) is 0 Å². The second-order valence-corrected chi connectivity index (χ2v) is 1.22. The van der Waals surface area contributed by atoms with Crippen LogP contribution in [0.25, 0.3) is 0 Å². The number of allylic oxidation sites excluding steroid dienone is 3. The Bertz CT molecular complexity index is 145. The van der Waals surface area contributed by atoms with Gasteiger partial charge in [-0.25, -0.2) is 4.79 Å². The van der Waals surface area contributed by atoms with Gasteiger partial charge < -0.3 is 31.3 Å². The third-order valence-corrected chi connectivity index (χ3v) is 0.542. The average molecular weight is 263 g/mol. The Hall–Kier alpha value is 2.43. The summed E-state index contributed by atoms with van der Waals surface area (Å²) >= 11 is 0. The zero-order valence-electron chi connectivity index (χ0n) is 8.13. The van der Waals surface area contributed by atoms with Gasteiger partial charge in [0, 0.05) is 6.08 Å². The predicted octanol–water partition coefficient (Wildman–Crippen LogP) is -8.05. The van der Waals surface area contributed by atoms with Crippen LogP contribution in [0.4, 0.5) is 0 Å². The number of carboxylic acid groups (broad SMARTS) is 1. The largest absolute Gasteiger partial charge is 2.00 e. The van der Waals surface area contributed by atoms with E-state index in [0.717, 1.165) is 6.08 Å². The Morgan fingerprint density at radius 2 is 1.75 bits per heavy atom. The van der Waals surface area contributed by atoms with E-state index in [0.29, 0.717) is 0 Å². The number of hydrogen-bond acceptors (Lipinski definition) is 1. The van der Waals surface area contributed by atoms with Crippen molar-refractivity contribution in [1.29, 1.82) is 0 Å². The Balaban J connectivity index is -0.0000000245. The smallest absolute Gasteiger partial charge is 1.00 e. The summed E-state index contributed by atoms with van der Waals surface area (Å²) in [7, 11) is 0. The van der Waals surface area contributed by atoms with E-state index >= 15 is 0 Å². The van der Waals surface area contributed by atoms with Gasteiger partial charge >= 0.3 is 95.1 Å². The first-order chi connectivity index (χ1) is 3.77. The number of hydrogen-bond donors (Lipinski definition) is 1. The Morgan fingerprint density at radius 1 is 1.33 bits per heavy atom. The number of halogens is 2. The molecule has 0 aliphatic carbocycles. The molecule has 0 amide bonds. The molecule has 6 heteroatoms. The molecule has 0 aliphatic heterocycles. The van der Waals surface area contributed by atoms with Gasteiger partial charge in [-0.3, -0.25) is 0 Å². The first kappa shape index (κ1) is 29.3. The molecule has 0 aromatic rings. The van der Waals surface area contributed by atoms with Crippen LogP contribution in [-0.2, 0) is 4.79 Å². The van der Waals surface area contributed by atoms with E-state index in [2.05, 4.69) is 0 Å². The molecule has 0 spiro atoms. The van der Waals surface area contributed by atoms with Crippen LogP contribution in [0.5, 0.6) is 0 Å². The molecule has 0 fully saturated rings. The first-order valence-corrected chi connectivity index (χ1v) is 2.29. The van der Waals surface area contributed by atoms with E-state index in [4.69, 9.17) is 5.11 Å². The van der Waals surface area contributed by atoms with E-state index in [1.54, 1.807) is 12.2 Å². The zero-order valence-corrected chi connectivity index (χ0v) is 14.0. The van der Waals surface area contributed by atoms with Crippen LogP contribution in [-0.4, -0.2) is 48.8 Å². The summed E-state index contributed by atoms with van der Waals surface area (Å²) in [4.78, 5) is 9.75. The van der Waals surface area contributed by atoms with E-state index in [-0.39, 0.29) is 115 Å². The van der Waals surface area contributed by atoms with Gasteiger partial charge in [0.2, 0.25) is 0 Å². The second kappa shape index (κ2) is 23.3. The van der Waals surface area contributed by atoms with Crippen molar-refractivity contribution < 1.29 is 87.5 Å². The van der Waals surface area contributed by atoms with Crippen molar-refractivity contribution in [2.75, 3.05) is 0 Å². The molecule has 0 saturated heterocycles. The summed E-state index contributed by atoms with van der Waals surface area (Å²) in [5.41, 5.74) is 0. The monoisotopic (exact) mass is 262 g/mol. The molecular formula is C6H9CaCl2KO2. The average Bonchev–Trinajstić information content (AvgIpc) is 1.66. The van der Waals surface area contributed by atoms with Crippen LogP contribution >= 0.6 is 0 Å². The number of aliphatic carboxylic acids is 1. The maximum absolute atomic E-state index is 9.75. The van der Waals surface area contributed by atoms with Crippen LogP contribution in [0, 0.1) is 0 Å². The van der Waals surface area contributed by atoms with Gasteiger partial charge in [0.15, 0.2) is 0 Å². The van der Waals surface area contributed by atoms with Crippen molar-refractivity contribution in [3.05, 3.63) is 24.3 Å². The van der Waals surface area contributed by atoms with Crippen LogP contribution in [0.1, 0.15) is 8.35 Å². The molecule has 0 bridgehead atoms. The van der Waals surface area contributed by atoms with E-state index in [1.165, 1.54) is 6.08 Å². The standard InChI is InChI=1S/C6H8O2.Ca.2ClH.K.H/c1-2-3-4-5-6(7)8;;;;;/h2-5H,1H3,(H,7,8);;2*1H;;/q;+2;;;+1;-1/p-2/b3-2+,5-4+;;;;;. The minimum atomic E-state index is -0.914. The minimum absolute atomic E-state index is 0. The summed E-state index contributed by atoms with van der Waals surface area (Å²) in [6.07, 6.45) is 5.98. The zero-order chi connectivity index (χ0) is 6.41. The molecule has 62 valence electrons. The quantitative estimate of drug-likeness (QED) is 0.305. The van der Waals surface area contributed by atoms with Gasteiger partial charge in [-0.1, -0.05) is 18.2 Å². The van der Waals surface area contributed by atoms with Gasteiger partial charge in [-0.2, -0.15) is 0 Å². The van der Waals surface area contributed by atoms with E-state index < -0.39 is 5.97 Å². The summed E-state index contributed by atoms with van der Waals surface area (Å²) < 4.78 is 0. The third-order valence-electron chi connectivity index (χ3n) is 0.542. The topological polar surface area (TPSA) is 37.3 Å². The first-order valence-electron chi connectivity index (χ1n) is 2.29. The van der Waals surface area contributed by atoms with Gasteiger partial charge in [0.25, 0.3) is 0 Å². The van der Waals surface area contributed by atoms with Crippen molar-refractivity contribution in [2.45, 2.75) is 6.92 Å². The molecule has 0 radical (unpaired) electrons. The molecule has 0 atom stereocenters. The van der Waals surface area contributed by atoms with Crippen molar-refractivity contribution in [1.82, 2.24) is 0 Å². The molecule has 0 aromatic carbocycles. The molecule has 12 heavy (non-hydrogen) atoms. The molecule has 1 N–H and O–H groups in total. The summed E-state index contributed by atoms with van der Waals surface area (Å²) in [5.74, 6) is -0.914. The maximum atomic E-state index is 9.75. The molecular weight excluding hydrogens is 254 g/mol. The summed E-state index contributed by atoms with van der Waals surface area (Å²) in [6.45, 7) is 1.83. The van der Waals surface area contributed by atoms with Crippen LogP contribution in [0.15, 0.2) is 24.3 Å². The van der Waals surface area contributed by atoms with E-state index in [9.17, 15) is 4.79 Å². The van der Waals surface area contributed by atoms with Gasteiger partial charge in [0.05, 0.1) is 0 Å². The van der Waals surface area contributed by atoms with Gasteiger partial charge in [-0.15, -0.1) is 0 Å². The van der Waals surface area contributed by atoms with Crippen molar-refractivity contribution in [2.24, 2.45) is 0 Å². The molecule has 0 rings (SSSR count). The van der Waals surface area contributed by atoms with Crippen molar-refractivity contribution >= 4 is 43.7 Å². The normalized spacial score (nSPS) is 7.42. The fourth-order valence-electron chi connectivity index (χ4n) is 0.249. The van der Waals surface area contributed by atoms with E-state index in [1.807, 2.05) is 6.92 Å². The predicted molar refractivity (Wildman–Crippen MR) is 38.5 cm³/mol. The molecule has 0 aromatic heterocycles. The molecule has 0 saturated carbocycles. The van der Waals surface area contributed by atoms with Crippen LogP contribution < -0.4 is 76.2 Å². The molecule has 0 unspecified atom stereocenters. The number of carbonyl (C=O) groups is 1. The Kier molecular flexibility index (Phi) is 56.9. The van der Waals surface area contributed by atoms with Crippen LogP contribution in [0.3, 0.4) is 0 Å². The van der Waals surface area contributed by atoms with Crippen molar-refractivity contribution in [3.8, 4) is 0 Å². The number of carboxylic acids is 1. The SMILES string of the molecule is C/C=C/C=C/C(=O)O.[Ca+2].[Cl-].[Cl-].[H-].[K+]. The van der Waals surface area contributed by atoms with Gasteiger partial charge in [-0.05, 0) is 6.92 Å². The Labute approximate surface area is 159 Å². The van der Waals surface area contributed by atoms with Crippen molar-refractivity contribution in [3.63, 3.8) is 0 Å².